The average Bonchev–Trinajstić information content (AvgIpc) is 3.15. The van der Waals surface area contributed by atoms with E-state index < -0.39 is 48.7 Å². The molecule has 1 aliphatic rings. The Morgan fingerprint density at radius 1 is 0.868 bits per heavy atom. The number of carbonyl (C=O) groups excluding carboxylic acids is 2. The third-order valence-corrected chi connectivity index (χ3v) is 6.65. The Bertz CT molecular complexity index is 1230. The number of benzene rings is 3. The van der Waals surface area contributed by atoms with Crippen LogP contribution in [0.2, 0.25) is 0 Å². The lowest BCUT2D eigenvalue weighted by atomic mass is 9.90. The number of aliphatic hydroxyl groups is 2. The highest BCUT2D eigenvalue weighted by molar-refractivity contribution is 5.90. The van der Waals surface area contributed by atoms with E-state index in [1.807, 2.05) is 44.2 Å². The minimum absolute atomic E-state index is 0.1000. The van der Waals surface area contributed by atoms with Crippen molar-refractivity contribution in [3.05, 3.63) is 107 Å². The maximum absolute atomic E-state index is 13.0. The standard InChI is InChI=1S/C30H32O8/c1-19-9-13-22(14-10-19)27(32)35-18-24(37-28(33)23-15-11-20(2)12-16-23)26-30(3,25(31)29(34)38-26)36-17-21-7-5-4-6-8-21/h4-16,24-26,29,31,34H,17-18H2,1-3H3/t24-,25+,26-,29?,30+/m1/s1. The summed E-state index contributed by atoms with van der Waals surface area (Å²) in [5.41, 5.74) is 1.91. The fourth-order valence-electron chi connectivity index (χ4n) is 4.26. The Morgan fingerprint density at radius 2 is 1.42 bits per heavy atom. The topological polar surface area (TPSA) is 112 Å². The average molecular weight is 521 g/mol. The molecule has 1 aliphatic heterocycles. The van der Waals surface area contributed by atoms with Crippen molar-refractivity contribution in [1.82, 2.24) is 0 Å². The van der Waals surface area contributed by atoms with Gasteiger partial charge in [0.25, 0.3) is 0 Å². The molecule has 1 saturated heterocycles. The van der Waals surface area contributed by atoms with Crippen molar-refractivity contribution >= 4 is 11.9 Å². The van der Waals surface area contributed by atoms with E-state index >= 15 is 0 Å². The van der Waals surface area contributed by atoms with Gasteiger partial charge in [0.15, 0.2) is 12.4 Å². The second kappa shape index (κ2) is 11.9. The van der Waals surface area contributed by atoms with Gasteiger partial charge in [0.1, 0.15) is 24.4 Å². The largest absolute Gasteiger partial charge is 0.458 e. The number of aliphatic hydroxyl groups excluding tert-OH is 2. The van der Waals surface area contributed by atoms with Crippen molar-refractivity contribution in [2.45, 2.75) is 57.6 Å². The molecule has 1 unspecified atom stereocenters. The summed E-state index contributed by atoms with van der Waals surface area (Å²) in [5, 5.41) is 21.2. The second-order valence-electron chi connectivity index (χ2n) is 9.62. The lowest BCUT2D eigenvalue weighted by Gasteiger charge is -2.36. The minimum Gasteiger partial charge on any atom is -0.458 e. The van der Waals surface area contributed by atoms with Crippen LogP contribution in [0.15, 0.2) is 78.9 Å². The molecular weight excluding hydrogens is 488 g/mol. The van der Waals surface area contributed by atoms with Crippen molar-refractivity contribution in [3.8, 4) is 0 Å². The Labute approximate surface area is 221 Å². The minimum atomic E-state index is -1.60. The molecule has 2 N–H and O–H groups in total. The van der Waals surface area contributed by atoms with Crippen molar-refractivity contribution in [2.24, 2.45) is 0 Å². The summed E-state index contributed by atoms with van der Waals surface area (Å²) in [4.78, 5) is 25.8. The quantitative estimate of drug-likeness (QED) is 0.411. The molecule has 200 valence electrons. The Hall–Kier alpha value is -3.56. The van der Waals surface area contributed by atoms with E-state index in [2.05, 4.69) is 0 Å². The zero-order chi connectivity index (χ0) is 27.3. The van der Waals surface area contributed by atoms with Crippen LogP contribution in [0.3, 0.4) is 0 Å². The fraction of sp³-hybridized carbons (Fsp3) is 0.333. The monoisotopic (exact) mass is 520 g/mol. The lowest BCUT2D eigenvalue weighted by Crippen LogP contribution is -2.54. The van der Waals surface area contributed by atoms with Crippen LogP contribution < -0.4 is 0 Å². The normalized spacial score (nSPS) is 23.6. The van der Waals surface area contributed by atoms with Gasteiger partial charge in [-0.2, -0.15) is 0 Å². The summed E-state index contributed by atoms with van der Waals surface area (Å²) in [6.07, 6.45) is -5.42. The molecule has 0 aliphatic carbocycles. The SMILES string of the molecule is Cc1ccc(C(=O)OC[C@@H](OC(=O)c2ccc(C)cc2)[C@H]2OC(O)[C@H](O)[C@]2(C)OCc2ccccc2)cc1. The summed E-state index contributed by atoms with van der Waals surface area (Å²) in [6.45, 7) is 5.07. The van der Waals surface area contributed by atoms with E-state index in [9.17, 15) is 19.8 Å². The summed E-state index contributed by atoms with van der Waals surface area (Å²) in [7, 11) is 0. The molecule has 0 radical (unpaired) electrons. The Morgan fingerprint density at radius 3 is 2.00 bits per heavy atom. The molecule has 3 aromatic carbocycles. The molecule has 5 atom stereocenters. The summed E-state index contributed by atoms with van der Waals surface area (Å²) in [5.74, 6) is -1.29. The number of hydrogen-bond donors (Lipinski definition) is 2. The molecule has 38 heavy (non-hydrogen) atoms. The van der Waals surface area contributed by atoms with Crippen LogP contribution in [0.5, 0.6) is 0 Å². The molecule has 0 saturated carbocycles. The van der Waals surface area contributed by atoms with E-state index in [4.69, 9.17) is 18.9 Å². The third kappa shape index (κ3) is 6.28. The van der Waals surface area contributed by atoms with Gasteiger partial charge in [-0.15, -0.1) is 0 Å². The van der Waals surface area contributed by atoms with E-state index in [1.54, 1.807) is 55.5 Å². The first-order valence-corrected chi connectivity index (χ1v) is 12.4. The highest BCUT2D eigenvalue weighted by atomic mass is 16.7. The molecule has 3 aromatic rings. The first-order valence-electron chi connectivity index (χ1n) is 12.4. The van der Waals surface area contributed by atoms with Crippen LogP contribution in [0.1, 0.15) is 44.3 Å². The predicted octanol–water partition coefficient (Wildman–Crippen LogP) is 3.74. The Kier molecular flexibility index (Phi) is 8.58. The van der Waals surface area contributed by atoms with Gasteiger partial charge in [-0.3, -0.25) is 0 Å². The molecule has 8 nitrogen and oxygen atoms in total. The molecule has 0 bridgehead atoms. The van der Waals surface area contributed by atoms with Gasteiger partial charge >= 0.3 is 11.9 Å². The smallest absolute Gasteiger partial charge is 0.338 e. The first-order chi connectivity index (χ1) is 18.2. The van der Waals surface area contributed by atoms with Gasteiger partial charge in [0.05, 0.1) is 17.7 Å². The number of ether oxygens (including phenoxy) is 4. The summed E-state index contributed by atoms with van der Waals surface area (Å²) >= 11 is 0. The van der Waals surface area contributed by atoms with E-state index in [0.717, 1.165) is 16.7 Å². The van der Waals surface area contributed by atoms with Crippen LogP contribution in [-0.2, 0) is 25.6 Å². The van der Waals surface area contributed by atoms with E-state index in [-0.39, 0.29) is 12.2 Å². The van der Waals surface area contributed by atoms with Gasteiger partial charge < -0.3 is 29.2 Å². The van der Waals surface area contributed by atoms with Crippen LogP contribution >= 0.6 is 0 Å². The van der Waals surface area contributed by atoms with Gasteiger partial charge in [0, 0.05) is 0 Å². The van der Waals surface area contributed by atoms with Gasteiger partial charge in [-0.25, -0.2) is 9.59 Å². The van der Waals surface area contributed by atoms with Gasteiger partial charge in [-0.05, 0) is 50.6 Å². The van der Waals surface area contributed by atoms with Crippen molar-refractivity contribution in [2.75, 3.05) is 6.61 Å². The number of aryl methyl sites for hydroxylation is 2. The lowest BCUT2D eigenvalue weighted by molar-refractivity contribution is -0.166. The van der Waals surface area contributed by atoms with Crippen LogP contribution in [0.25, 0.3) is 0 Å². The van der Waals surface area contributed by atoms with E-state index in [1.165, 1.54) is 0 Å². The molecule has 1 fully saturated rings. The van der Waals surface area contributed by atoms with Gasteiger partial charge in [0.2, 0.25) is 0 Å². The molecular formula is C30H32O8. The van der Waals surface area contributed by atoms with Crippen molar-refractivity contribution in [3.63, 3.8) is 0 Å². The number of esters is 2. The Balaban J connectivity index is 1.58. The molecule has 0 amide bonds. The second-order valence-corrected chi connectivity index (χ2v) is 9.62. The summed E-state index contributed by atoms with van der Waals surface area (Å²) in [6, 6.07) is 22.9. The van der Waals surface area contributed by atoms with Crippen molar-refractivity contribution in [1.29, 1.82) is 0 Å². The highest BCUT2D eigenvalue weighted by Gasteiger charge is 2.58. The molecule has 0 aromatic heterocycles. The third-order valence-electron chi connectivity index (χ3n) is 6.65. The first kappa shape index (κ1) is 27.5. The predicted molar refractivity (Wildman–Crippen MR) is 138 cm³/mol. The maximum Gasteiger partial charge on any atom is 0.338 e. The van der Waals surface area contributed by atoms with Crippen molar-refractivity contribution < 1.29 is 38.7 Å². The zero-order valence-corrected chi connectivity index (χ0v) is 21.6. The number of rotatable bonds is 9. The highest BCUT2D eigenvalue weighted by Crippen LogP contribution is 2.37. The fourth-order valence-corrected chi connectivity index (χ4v) is 4.26. The van der Waals surface area contributed by atoms with E-state index in [0.29, 0.717) is 5.56 Å². The molecule has 8 heteroatoms. The van der Waals surface area contributed by atoms with Crippen LogP contribution in [0, 0.1) is 13.8 Å². The van der Waals surface area contributed by atoms with Gasteiger partial charge in [-0.1, -0.05) is 65.7 Å². The molecule has 1 heterocycles. The molecule has 4 rings (SSSR count). The summed E-state index contributed by atoms with van der Waals surface area (Å²) < 4.78 is 23.0. The van der Waals surface area contributed by atoms with Crippen LogP contribution in [-0.4, -0.2) is 59.0 Å². The van der Waals surface area contributed by atoms with Crippen LogP contribution in [0.4, 0.5) is 0 Å². The number of hydrogen-bond acceptors (Lipinski definition) is 8. The zero-order valence-electron chi connectivity index (χ0n) is 21.6. The maximum atomic E-state index is 13.0. The molecule has 0 spiro atoms. The number of carbonyl (C=O) groups is 2.